The van der Waals surface area contributed by atoms with Crippen LogP contribution in [0.4, 0.5) is 5.82 Å². The van der Waals surface area contributed by atoms with Crippen LogP contribution in [0.2, 0.25) is 0 Å². The summed E-state index contributed by atoms with van der Waals surface area (Å²) in [4.78, 5) is 27.3. The summed E-state index contributed by atoms with van der Waals surface area (Å²) in [5.41, 5.74) is 2.99. The maximum Gasteiger partial charge on any atom is 0.266 e. The van der Waals surface area contributed by atoms with Crippen molar-refractivity contribution in [2.75, 3.05) is 38.8 Å². The molecule has 4 aromatic rings. The van der Waals surface area contributed by atoms with Crippen molar-refractivity contribution < 1.29 is 14.3 Å². The smallest absolute Gasteiger partial charge is 0.266 e. The Morgan fingerprint density at radius 2 is 1.65 bits per heavy atom. The molecule has 1 fully saturated rings. The molecule has 1 N–H and O–H groups in total. The molecule has 0 saturated carbocycles. The molecule has 10 heteroatoms. The highest BCUT2D eigenvalue weighted by Crippen LogP contribution is 2.29. The van der Waals surface area contributed by atoms with Crippen LogP contribution in [0.3, 0.4) is 0 Å². The van der Waals surface area contributed by atoms with E-state index < -0.39 is 0 Å². The lowest BCUT2D eigenvalue weighted by Crippen LogP contribution is -2.42. The molecular formula is C30H32N6O4. The first kappa shape index (κ1) is 26.9. The van der Waals surface area contributed by atoms with Crippen molar-refractivity contribution in [1.82, 2.24) is 25.3 Å². The van der Waals surface area contributed by atoms with Gasteiger partial charge < -0.3 is 19.7 Å². The summed E-state index contributed by atoms with van der Waals surface area (Å²) in [6.45, 7) is 2.05. The van der Waals surface area contributed by atoms with Crippen molar-refractivity contribution in [2.24, 2.45) is 5.92 Å². The molecule has 0 bridgehead atoms. The summed E-state index contributed by atoms with van der Waals surface area (Å²) in [6, 6.07) is 22.3. The minimum absolute atomic E-state index is 0.00314. The first-order valence-electron chi connectivity index (χ1n) is 13.3. The number of carbonyl (C=O) groups excluding carboxylic acids is 1. The van der Waals surface area contributed by atoms with Crippen LogP contribution in [0.1, 0.15) is 12.8 Å². The fourth-order valence-electron chi connectivity index (χ4n) is 4.82. The number of nitrogens with one attached hydrogen (secondary N) is 1. The SMILES string of the molecule is COc1ccc(-c2ccc(=O)n(CCNC(=O)C3CCN(c4ccc(-c5ccccc5OC)nn4)CC3)n2)cc1. The number of para-hydroxylation sites is 1. The Bertz CT molecular complexity index is 1500. The van der Waals surface area contributed by atoms with Gasteiger partial charge in [-0.15, -0.1) is 10.2 Å². The van der Waals surface area contributed by atoms with Crippen molar-refractivity contribution in [3.8, 4) is 34.0 Å². The van der Waals surface area contributed by atoms with Gasteiger partial charge in [-0.1, -0.05) is 12.1 Å². The van der Waals surface area contributed by atoms with E-state index in [1.165, 1.54) is 10.7 Å². The third-order valence-corrected chi connectivity index (χ3v) is 7.10. The van der Waals surface area contributed by atoms with Gasteiger partial charge in [-0.2, -0.15) is 5.10 Å². The molecular weight excluding hydrogens is 508 g/mol. The maximum atomic E-state index is 12.8. The van der Waals surface area contributed by atoms with Crippen LogP contribution in [0.5, 0.6) is 11.5 Å². The Kier molecular flexibility index (Phi) is 8.34. The number of nitrogens with zero attached hydrogens (tertiary/aromatic N) is 5. The topological polar surface area (TPSA) is 111 Å². The van der Waals surface area contributed by atoms with E-state index in [9.17, 15) is 9.59 Å². The average molecular weight is 541 g/mol. The predicted molar refractivity (Wildman–Crippen MR) is 152 cm³/mol. The molecule has 0 atom stereocenters. The molecule has 0 spiro atoms. The molecule has 5 rings (SSSR count). The van der Waals surface area contributed by atoms with Crippen LogP contribution in [0.15, 0.2) is 77.6 Å². The zero-order valence-electron chi connectivity index (χ0n) is 22.6. The molecule has 0 aliphatic carbocycles. The summed E-state index contributed by atoms with van der Waals surface area (Å²) in [6.07, 6.45) is 1.43. The number of amides is 1. The van der Waals surface area contributed by atoms with Crippen molar-refractivity contribution in [1.29, 1.82) is 0 Å². The number of aromatic nitrogens is 4. The summed E-state index contributed by atoms with van der Waals surface area (Å²) in [5, 5.41) is 16.3. The normalized spacial score (nSPS) is 13.6. The Morgan fingerprint density at radius 3 is 2.35 bits per heavy atom. The van der Waals surface area contributed by atoms with E-state index in [4.69, 9.17) is 9.47 Å². The summed E-state index contributed by atoms with van der Waals surface area (Å²) in [7, 11) is 3.25. The number of benzene rings is 2. The Labute approximate surface area is 232 Å². The molecule has 1 amide bonds. The molecule has 2 aromatic carbocycles. The number of anilines is 1. The highest BCUT2D eigenvalue weighted by atomic mass is 16.5. The van der Waals surface area contributed by atoms with Gasteiger partial charge in [-0.25, -0.2) is 4.68 Å². The van der Waals surface area contributed by atoms with E-state index in [0.29, 0.717) is 44.7 Å². The number of methoxy groups -OCH3 is 2. The largest absolute Gasteiger partial charge is 0.497 e. The van der Waals surface area contributed by atoms with Gasteiger partial charge in [0.05, 0.1) is 32.2 Å². The molecule has 0 unspecified atom stereocenters. The monoisotopic (exact) mass is 540 g/mol. The number of hydrogen-bond acceptors (Lipinski definition) is 8. The zero-order valence-corrected chi connectivity index (χ0v) is 22.6. The van der Waals surface area contributed by atoms with Gasteiger partial charge in [0.1, 0.15) is 11.5 Å². The molecule has 10 nitrogen and oxygen atoms in total. The fourth-order valence-corrected chi connectivity index (χ4v) is 4.82. The predicted octanol–water partition coefficient (Wildman–Crippen LogP) is 3.42. The number of piperidine rings is 1. The van der Waals surface area contributed by atoms with Crippen LogP contribution in [-0.2, 0) is 11.3 Å². The highest BCUT2D eigenvalue weighted by Gasteiger charge is 2.25. The lowest BCUT2D eigenvalue weighted by molar-refractivity contribution is -0.125. The summed E-state index contributed by atoms with van der Waals surface area (Å²) < 4.78 is 12.0. The van der Waals surface area contributed by atoms with E-state index in [0.717, 1.165) is 34.1 Å². The number of carbonyl (C=O) groups is 1. The van der Waals surface area contributed by atoms with Crippen molar-refractivity contribution >= 4 is 11.7 Å². The lowest BCUT2D eigenvalue weighted by atomic mass is 9.96. The van der Waals surface area contributed by atoms with Gasteiger partial charge in [-0.3, -0.25) is 9.59 Å². The summed E-state index contributed by atoms with van der Waals surface area (Å²) in [5.74, 6) is 2.20. The molecule has 1 aliphatic heterocycles. The second-order valence-electron chi connectivity index (χ2n) is 9.54. The molecule has 206 valence electrons. The van der Waals surface area contributed by atoms with E-state index >= 15 is 0 Å². The van der Waals surface area contributed by atoms with Gasteiger partial charge in [0.2, 0.25) is 5.91 Å². The molecule has 3 heterocycles. The van der Waals surface area contributed by atoms with Crippen molar-refractivity contribution in [3.05, 3.63) is 83.2 Å². The Morgan fingerprint density at radius 1 is 0.900 bits per heavy atom. The van der Waals surface area contributed by atoms with E-state index in [1.807, 2.05) is 60.7 Å². The first-order chi connectivity index (χ1) is 19.6. The Balaban J connectivity index is 1.12. The summed E-state index contributed by atoms with van der Waals surface area (Å²) >= 11 is 0. The van der Waals surface area contributed by atoms with E-state index in [1.54, 1.807) is 20.3 Å². The first-order valence-corrected chi connectivity index (χ1v) is 13.3. The standard InChI is InChI=1S/C30H32N6O4/c1-39-23-9-7-21(8-10-23)25-12-14-29(37)36(34-25)20-17-31-30(38)22-15-18-35(19-16-22)28-13-11-26(32-33-28)24-5-3-4-6-27(24)40-2/h3-14,22H,15-20H2,1-2H3,(H,31,38). The third kappa shape index (κ3) is 6.12. The quantitative estimate of drug-likeness (QED) is 0.344. The van der Waals surface area contributed by atoms with Crippen LogP contribution < -0.4 is 25.2 Å². The minimum Gasteiger partial charge on any atom is -0.497 e. The highest BCUT2D eigenvalue weighted by molar-refractivity contribution is 5.79. The molecule has 0 radical (unpaired) electrons. The van der Waals surface area contributed by atoms with Crippen LogP contribution >= 0.6 is 0 Å². The molecule has 2 aromatic heterocycles. The third-order valence-electron chi connectivity index (χ3n) is 7.10. The average Bonchev–Trinajstić information content (AvgIpc) is 3.02. The van der Waals surface area contributed by atoms with Gasteiger partial charge >= 0.3 is 0 Å². The van der Waals surface area contributed by atoms with Gasteiger partial charge in [-0.05, 0) is 67.4 Å². The lowest BCUT2D eigenvalue weighted by Gasteiger charge is -2.31. The maximum absolute atomic E-state index is 12.8. The molecule has 1 saturated heterocycles. The Hall–Kier alpha value is -4.73. The van der Waals surface area contributed by atoms with E-state index in [2.05, 4.69) is 25.5 Å². The van der Waals surface area contributed by atoms with Gasteiger partial charge in [0, 0.05) is 42.7 Å². The van der Waals surface area contributed by atoms with Crippen LogP contribution in [-0.4, -0.2) is 59.7 Å². The number of hydrogen-bond donors (Lipinski definition) is 1. The minimum atomic E-state index is -0.211. The fraction of sp³-hybridized carbons (Fsp3) is 0.300. The van der Waals surface area contributed by atoms with Crippen LogP contribution in [0.25, 0.3) is 22.5 Å². The van der Waals surface area contributed by atoms with Crippen molar-refractivity contribution in [2.45, 2.75) is 19.4 Å². The second kappa shape index (κ2) is 12.4. The zero-order chi connectivity index (χ0) is 27.9. The van der Waals surface area contributed by atoms with Gasteiger partial charge in [0.25, 0.3) is 5.56 Å². The van der Waals surface area contributed by atoms with E-state index in [-0.39, 0.29) is 17.4 Å². The molecule has 1 aliphatic rings. The van der Waals surface area contributed by atoms with Gasteiger partial charge in [0.15, 0.2) is 5.82 Å². The van der Waals surface area contributed by atoms with Crippen molar-refractivity contribution in [3.63, 3.8) is 0 Å². The second-order valence-corrected chi connectivity index (χ2v) is 9.54. The number of ether oxygens (including phenoxy) is 2. The molecule has 40 heavy (non-hydrogen) atoms. The number of rotatable bonds is 9. The van der Waals surface area contributed by atoms with Crippen LogP contribution in [0, 0.1) is 5.92 Å².